The van der Waals surface area contributed by atoms with Crippen LogP contribution >= 0.6 is 11.8 Å². The fourth-order valence-electron chi connectivity index (χ4n) is 2.51. The van der Waals surface area contributed by atoms with Gasteiger partial charge >= 0.3 is 0 Å². The lowest BCUT2D eigenvalue weighted by atomic mass is 10.1. The van der Waals surface area contributed by atoms with Gasteiger partial charge in [0, 0.05) is 12.1 Å². The monoisotopic (exact) mass is 334 g/mol. The predicted octanol–water partition coefficient (Wildman–Crippen LogP) is 3.50. The van der Waals surface area contributed by atoms with Crippen LogP contribution in [0.5, 0.6) is 0 Å². The van der Waals surface area contributed by atoms with Gasteiger partial charge in [-0.2, -0.15) is 11.8 Å². The number of halogens is 1. The van der Waals surface area contributed by atoms with Crippen molar-refractivity contribution in [2.75, 3.05) is 16.8 Å². The number of nitrogens with one attached hydrogen (secondary N) is 1. The Labute approximate surface area is 136 Å². The third kappa shape index (κ3) is 3.76. The Hall–Kier alpha value is -2.22. The van der Waals surface area contributed by atoms with E-state index in [2.05, 4.69) is 15.3 Å². The average Bonchev–Trinajstić information content (AvgIpc) is 2.56. The molecule has 1 aromatic carbocycles. The van der Waals surface area contributed by atoms with E-state index in [4.69, 9.17) is 0 Å². The first kappa shape index (κ1) is 15.7. The zero-order valence-electron chi connectivity index (χ0n) is 12.2. The number of hydrogen-bond acceptors (Lipinski definition) is 6. The lowest BCUT2D eigenvalue weighted by Gasteiger charge is -2.23. The number of rotatable bonds is 4. The standard InChI is InChI=1S/C15H15FN4O2S/c16-10-1-2-12(14(7-10)20(21)22)13-8-15(18-9-17-13)19-11-3-5-23-6-4-11/h1-2,7-9,11H,3-6H2,(H,17,18,19). The second-order valence-corrected chi connectivity index (χ2v) is 6.46. The normalized spacial score (nSPS) is 15.3. The lowest BCUT2D eigenvalue weighted by molar-refractivity contribution is -0.384. The second kappa shape index (κ2) is 6.91. The van der Waals surface area contributed by atoms with Crippen molar-refractivity contribution in [2.45, 2.75) is 18.9 Å². The summed E-state index contributed by atoms with van der Waals surface area (Å²) < 4.78 is 13.3. The van der Waals surface area contributed by atoms with Crippen molar-refractivity contribution < 1.29 is 9.31 Å². The fraction of sp³-hybridized carbons (Fsp3) is 0.333. The Morgan fingerprint density at radius 2 is 2.04 bits per heavy atom. The highest BCUT2D eigenvalue weighted by Gasteiger charge is 2.19. The number of nitro benzene ring substituents is 1. The smallest absolute Gasteiger partial charge is 0.281 e. The van der Waals surface area contributed by atoms with Crippen molar-refractivity contribution in [3.8, 4) is 11.3 Å². The number of nitrogens with zero attached hydrogens (tertiary/aromatic N) is 3. The molecular formula is C15H15FN4O2S. The van der Waals surface area contributed by atoms with Gasteiger partial charge in [-0.25, -0.2) is 14.4 Å². The van der Waals surface area contributed by atoms with Crippen molar-refractivity contribution in [1.82, 2.24) is 9.97 Å². The molecule has 0 aliphatic carbocycles. The molecule has 0 radical (unpaired) electrons. The van der Waals surface area contributed by atoms with Gasteiger partial charge in [-0.3, -0.25) is 10.1 Å². The summed E-state index contributed by atoms with van der Waals surface area (Å²) in [6, 6.07) is 5.49. The van der Waals surface area contributed by atoms with Gasteiger partial charge in [-0.05, 0) is 36.5 Å². The minimum atomic E-state index is -0.646. The molecule has 1 fully saturated rings. The van der Waals surface area contributed by atoms with E-state index in [0.717, 1.165) is 30.4 Å². The van der Waals surface area contributed by atoms with Crippen LogP contribution in [0, 0.1) is 15.9 Å². The minimum Gasteiger partial charge on any atom is -0.367 e. The van der Waals surface area contributed by atoms with E-state index in [9.17, 15) is 14.5 Å². The summed E-state index contributed by atoms with van der Waals surface area (Å²) in [6.07, 6.45) is 3.48. The summed E-state index contributed by atoms with van der Waals surface area (Å²) in [6.45, 7) is 0. The summed E-state index contributed by atoms with van der Waals surface area (Å²) in [5.41, 5.74) is 0.379. The van der Waals surface area contributed by atoms with Crippen LogP contribution in [-0.2, 0) is 0 Å². The summed E-state index contributed by atoms with van der Waals surface area (Å²) >= 11 is 1.93. The molecule has 2 heterocycles. The topological polar surface area (TPSA) is 81.0 Å². The predicted molar refractivity (Wildman–Crippen MR) is 88.1 cm³/mol. The van der Waals surface area contributed by atoms with Crippen LogP contribution in [0.1, 0.15) is 12.8 Å². The molecule has 2 aromatic rings. The molecule has 120 valence electrons. The number of nitro groups is 1. The number of thioether (sulfide) groups is 1. The molecule has 0 atom stereocenters. The summed E-state index contributed by atoms with van der Waals surface area (Å²) in [5, 5.41) is 14.5. The maximum atomic E-state index is 13.3. The molecule has 0 bridgehead atoms. The molecule has 0 spiro atoms. The van der Waals surface area contributed by atoms with Gasteiger partial charge in [0.25, 0.3) is 5.69 Å². The van der Waals surface area contributed by atoms with E-state index in [1.807, 2.05) is 11.8 Å². The Kier molecular flexibility index (Phi) is 4.71. The van der Waals surface area contributed by atoms with Gasteiger partial charge < -0.3 is 5.32 Å². The van der Waals surface area contributed by atoms with Crippen molar-refractivity contribution in [2.24, 2.45) is 0 Å². The van der Waals surface area contributed by atoms with Crippen LogP contribution < -0.4 is 5.32 Å². The van der Waals surface area contributed by atoms with E-state index < -0.39 is 10.7 Å². The van der Waals surface area contributed by atoms with Crippen molar-refractivity contribution in [3.05, 3.63) is 46.5 Å². The zero-order chi connectivity index (χ0) is 16.2. The molecule has 0 unspecified atom stereocenters. The highest BCUT2D eigenvalue weighted by Crippen LogP contribution is 2.30. The van der Waals surface area contributed by atoms with E-state index in [0.29, 0.717) is 17.6 Å². The third-order valence-corrected chi connectivity index (χ3v) is 4.72. The highest BCUT2D eigenvalue weighted by molar-refractivity contribution is 7.99. The minimum absolute atomic E-state index is 0.279. The molecule has 1 aliphatic heterocycles. The fourth-order valence-corrected chi connectivity index (χ4v) is 3.61. The van der Waals surface area contributed by atoms with Crippen molar-refractivity contribution in [1.29, 1.82) is 0 Å². The molecule has 8 heteroatoms. The van der Waals surface area contributed by atoms with Crippen LogP contribution in [0.3, 0.4) is 0 Å². The maximum Gasteiger partial charge on any atom is 0.281 e. The summed E-state index contributed by atoms with van der Waals surface area (Å²) in [4.78, 5) is 18.8. The van der Waals surface area contributed by atoms with Crippen LogP contribution in [0.2, 0.25) is 0 Å². The number of aromatic nitrogens is 2. The molecule has 3 rings (SSSR count). The van der Waals surface area contributed by atoms with E-state index >= 15 is 0 Å². The average molecular weight is 334 g/mol. The molecule has 0 saturated carbocycles. The Morgan fingerprint density at radius 3 is 2.78 bits per heavy atom. The van der Waals surface area contributed by atoms with Gasteiger partial charge in [0.1, 0.15) is 18.0 Å². The van der Waals surface area contributed by atoms with Gasteiger partial charge in [-0.15, -0.1) is 0 Å². The quantitative estimate of drug-likeness (QED) is 0.681. The number of anilines is 1. The van der Waals surface area contributed by atoms with Crippen molar-refractivity contribution >= 4 is 23.3 Å². The highest BCUT2D eigenvalue weighted by atomic mass is 32.2. The Bertz CT molecular complexity index is 722. The third-order valence-electron chi connectivity index (χ3n) is 3.67. The maximum absolute atomic E-state index is 13.3. The molecule has 23 heavy (non-hydrogen) atoms. The van der Waals surface area contributed by atoms with E-state index in [-0.39, 0.29) is 11.3 Å². The van der Waals surface area contributed by atoms with Gasteiger partial charge in [0.15, 0.2) is 0 Å². The van der Waals surface area contributed by atoms with Crippen LogP contribution in [0.4, 0.5) is 15.9 Å². The SMILES string of the molecule is O=[N+]([O-])c1cc(F)ccc1-c1cc(NC2CCSCC2)ncn1. The van der Waals surface area contributed by atoms with Crippen LogP contribution in [-0.4, -0.2) is 32.4 Å². The van der Waals surface area contributed by atoms with Crippen molar-refractivity contribution in [3.63, 3.8) is 0 Å². The molecule has 6 nitrogen and oxygen atoms in total. The molecule has 1 saturated heterocycles. The summed E-state index contributed by atoms with van der Waals surface area (Å²) in [7, 11) is 0. The van der Waals surface area contributed by atoms with Gasteiger partial charge in [0.2, 0.25) is 0 Å². The zero-order valence-corrected chi connectivity index (χ0v) is 13.1. The first-order chi connectivity index (χ1) is 11.1. The van der Waals surface area contributed by atoms with Crippen LogP contribution in [0.25, 0.3) is 11.3 Å². The second-order valence-electron chi connectivity index (χ2n) is 5.24. The molecular weight excluding hydrogens is 319 g/mol. The molecule has 1 aliphatic rings. The molecule has 1 N–H and O–H groups in total. The number of hydrogen-bond donors (Lipinski definition) is 1. The summed E-state index contributed by atoms with van der Waals surface area (Å²) in [5.74, 6) is 2.20. The molecule has 1 aromatic heterocycles. The van der Waals surface area contributed by atoms with E-state index in [1.165, 1.54) is 18.5 Å². The molecule has 0 amide bonds. The Morgan fingerprint density at radius 1 is 1.26 bits per heavy atom. The van der Waals surface area contributed by atoms with Crippen LogP contribution in [0.15, 0.2) is 30.6 Å². The lowest BCUT2D eigenvalue weighted by Crippen LogP contribution is -2.25. The number of benzene rings is 1. The first-order valence-electron chi connectivity index (χ1n) is 7.24. The Balaban J connectivity index is 1.89. The largest absolute Gasteiger partial charge is 0.367 e. The van der Waals surface area contributed by atoms with Gasteiger partial charge in [-0.1, -0.05) is 0 Å². The first-order valence-corrected chi connectivity index (χ1v) is 8.39. The van der Waals surface area contributed by atoms with Gasteiger partial charge in [0.05, 0.1) is 22.2 Å². The van der Waals surface area contributed by atoms with E-state index in [1.54, 1.807) is 6.07 Å².